The summed E-state index contributed by atoms with van der Waals surface area (Å²) in [5.74, 6) is -0.297. The van der Waals surface area contributed by atoms with E-state index in [9.17, 15) is 14.4 Å². The Balaban J connectivity index is 1.64. The molecule has 6 nitrogen and oxygen atoms in total. The van der Waals surface area contributed by atoms with Gasteiger partial charge in [-0.15, -0.1) is 0 Å². The fraction of sp³-hybridized carbons (Fsp3) is 0.438. The first-order valence-corrected chi connectivity index (χ1v) is 8.42. The second kappa shape index (κ2) is 6.70. The van der Waals surface area contributed by atoms with Crippen molar-refractivity contribution in [1.82, 2.24) is 9.80 Å². The van der Waals surface area contributed by atoms with Crippen molar-refractivity contribution in [3.63, 3.8) is 0 Å². The topological polar surface area (TPSA) is 60.9 Å². The van der Waals surface area contributed by atoms with Gasteiger partial charge in [0.1, 0.15) is 0 Å². The molecule has 3 rings (SSSR count). The van der Waals surface area contributed by atoms with E-state index in [1.54, 1.807) is 14.7 Å². The number of carbonyl (C=O) groups is 3. The third-order valence-electron chi connectivity index (χ3n) is 4.39. The largest absolute Gasteiger partial charge is 0.342 e. The first-order chi connectivity index (χ1) is 11.1. The molecule has 0 aromatic heterocycles. The molecule has 1 aromatic rings. The van der Waals surface area contributed by atoms with E-state index in [4.69, 9.17) is 0 Å². The maximum Gasteiger partial charge on any atom is 0.228 e. The van der Waals surface area contributed by atoms with Gasteiger partial charge in [-0.1, -0.05) is 15.9 Å². The van der Waals surface area contributed by atoms with E-state index in [1.165, 1.54) is 0 Å². The standard InChI is InChI=1S/C16H18BrN3O3/c17-13-1-3-14(4-2-13)20-10-12(9-15(20)22)16(23)19-7-5-18(11-21)6-8-19/h1-4,11-12H,5-10H2. The summed E-state index contributed by atoms with van der Waals surface area (Å²) in [6.45, 7) is 2.63. The molecule has 7 heteroatoms. The molecule has 3 amide bonds. The highest BCUT2D eigenvalue weighted by Gasteiger charge is 2.37. The Bertz CT molecular complexity index is 612. The highest BCUT2D eigenvalue weighted by Crippen LogP contribution is 2.27. The van der Waals surface area contributed by atoms with Gasteiger partial charge in [0.05, 0.1) is 5.92 Å². The predicted molar refractivity (Wildman–Crippen MR) is 88.8 cm³/mol. The zero-order chi connectivity index (χ0) is 16.4. The summed E-state index contributed by atoms with van der Waals surface area (Å²) in [5.41, 5.74) is 0.819. The lowest BCUT2D eigenvalue weighted by Crippen LogP contribution is -2.50. The van der Waals surface area contributed by atoms with Crippen LogP contribution in [0.3, 0.4) is 0 Å². The molecule has 2 heterocycles. The van der Waals surface area contributed by atoms with Gasteiger partial charge in [-0.2, -0.15) is 0 Å². The Hall–Kier alpha value is -1.89. The van der Waals surface area contributed by atoms with Crippen molar-refractivity contribution < 1.29 is 14.4 Å². The average Bonchev–Trinajstić information content (AvgIpc) is 2.97. The van der Waals surface area contributed by atoms with Crippen LogP contribution >= 0.6 is 15.9 Å². The predicted octanol–water partition coefficient (Wildman–Crippen LogP) is 1.10. The first kappa shape index (κ1) is 16.0. The fourth-order valence-electron chi connectivity index (χ4n) is 3.05. The molecule has 0 aliphatic carbocycles. The third-order valence-corrected chi connectivity index (χ3v) is 4.92. The average molecular weight is 380 g/mol. The number of anilines is 1. The van der Waals surface area contributed by atoms with Crippen LogP contribution in [0.1, 0.15) is 6.42 Å². The van der Waals surface area contributed by atoms with Crippen LogP contribution in [0, 0.1) is 5.92 Å². The summed E-state index contributed by atoms with van der Waals surface area (Å²) in [4.78, 5) is 40.7. The maximum absolute atomic E-state index is 12.6. The fourth-order valence-corrected chi connectivity index (χ4v) is 3.31. The van der Waals surface area contributed by atoms with Crippen LogP contribution in [0.4, 0.5) is 5.69 Å². The SMILES string of the molecule is O=CN1CCN(C(=O)C2CC(=O)N(c3ccc(Br)cc3)C2)CC1. The van der Waals surface area contributed by atoms with E-state index in [1.807, 2.05) is 24.3 Å². The molecule has 0 radical (unpaired) electrons. The van der Waals surface area contributed by atoms with E-state index in [-0.39, 0.29) is 24.2 Å². The highest BCUT2D eigenvalue weighted by atomic mass is 79.9. The molecule has 1 aromatic carbocycles. The van der Waals surface area contributed by atoms with Crippen LogP contribution in [0.15, 0.2) is 28.7 Å². The zero-order valence-electron chi connectivity index (χ0n) is 12.7. The van der Waals surface area contributed by atoms with Crippen molar-refractivity contribution in [3.05, 3.63) is 28.7 Å². The van der Waals surface area contributed by atoms with Crippen LogP contribution in [0.25, 0.3) is 0 Å². The quantitative estimate of drug-likeness (QED) is 0.738. The molecule has 122 valence electrons. The monoisotopic (exact) mass is 379 g/mol. The molecule has 0 N–H and O–H groups in total. The van der Waals surface area contributed by atoms with Crippen molar-refractivity contribution in [2.75, 3.05) is 37.6 Å². The van der Waals surface area contributed by atoms with Gasteiger partial charge in [-0.05, 0) is 24.3 Å². The number of rotatable bonds is 3. The van der Waals surface area contributed by atoms with Crippen molar-refractivity contribution in [3.8, 4) is 0 Å². The lowest BCUT2D eigenvalue weighted by molar-refractivity contribution is -0.139. The second-order valence-corrected chi connectivity index (χ2v) is 6.76. The molecule has 0 spiro atoms. The molecule has 0 bridgehead atoms. The lowest BCUT2D eigenvalue weighted by Gasteiger charge is -2.33. The van der Waals surface area contributed by atoms with Gasteiger partial charge in [-0.3, -0.25) is 14.4 Å². The summed E-state index contributed by atoms with van der Waals surface area (Å²) in [6, 6.07) is 7.52. The number of hydrogen-bond donors (Lipinski definition) is 0. The number of amides is 3. The smallest absolute Gasteiger partial charge is 0.228 e. The minimum Gasteiger partial charge on any atom is -0.342 e. The van der Waals surface area contributed by atoms with Gasteiger partial charge in [-0.25, -0.2) is 0 Å². The lowest BCUT2D eigenvalue weighted by atomic mass is 10.1. The minimum atomic E-state index is -0.297. The van der Waals surface area contributed by atoms with Crippen LogP contribution in [-0.2, 0) is 14.4 Å². The Morgan fingerprint density at radius 3 is 2.39 bits per heavy atom. The normalized spacial score (nSPS) is 21.7. The molecule has 23 heavy (non-hydrogen) atoms. The Morgan fingerprint density at radius 1 is 1.13 bits per heavy atom. The van der Waals surface area contributed by atoms with Crippen LogP contribution in [0.5, 0.6) is 0 Å². The van der Waals surface area contributed by atoms with E-state index >= 15 is 0 Å². The van der Waals surface area contributed by atoms with Gasteiger partial charge >= 0.3 is 0 Å². The van der Waals surface area contributed by atoms with E-state index in [2.05, 4.69) is 15.9 Å². The Kier molecular flexibility index (Phi) is 4.66. The molecular weight excluding hydrogens is 362 g/mol. The first-order valence-electron chi connectivity index (χ1n) is 7.62. The number of benzene rings is 1. The highest BCUT2D eigenvalue weighted by molar-refractivity contribution is 9.10. The van der Waals surface area contributed by atoms with Gasteiger partial charge in [0, 0.05) is 49.3 Å². The molecule has 0 saturated carbocycles. The molecule has 2 aliphatic heterocycles. The molecule has 2 saturated heterocycles. The van der Waals surface area contributed by atoms with Gasteiger partial charge in [0.2, 0.25) is 18.2 Å². The number of hydrogen-bond acceptors (Lipinski definition) is 3. The van der Waals surface area contributed by atoms with E-state index in [0.717, 1.165) is 16.6 Å². The van der Waals surface area contributed by atoms with Gasteiger partial charge in [0.15, 0.2) is 0 Å². The van der Waals surface area contributed by atoms with Crippen LogP contribution in [-0.4, -0.2) is 60.7 Å². The van der Waals surface area contributed by atoms with Crippen molar-refractivity contribution in [1.29, 1.82) is 0 Å². The molecule has 1 unspecified atom stereocenters. The number of carbonyl (C=O) groups excluding carboxylic acids is 3. The van der Waals surface area contributed by atoms with Crippen molar-refractivity contribution >= 4 is 39.8 Å². The zero-order valence-corrected chi connectivity index (χ0v) is 14.2. The molecular formula is C16H18BrN3O3. The molecule has 1 atom stereocenters. The maximum atomic E-state index is 12.6. The van der Waals surface area contributed by atoms with Crippen LogP contribution in [0.2, 0.25) is 0 Å². The van der Waals surface area contributed by atoms with Crippen LogP contribution < -0.4 is 4.90 Å². The number of nitrogens with zero attached hydrogens (tertiary/aromatic N) is 3. The summed E-state index contributed by atoms with van der Waals surface area (Å²) >= 11 is 3.37. The second-order valence-electron chi connectivity index (χ2n) is 5.85. The number of halogens is 1. The summed E-state index contributed by atoms with van der Waals surface area (Å²) in [5, 5.41) is 0. The summed E-state index contributed by atoms with van der Waals surface area (Å²) in [7, 11) is 0. The molecule has 2 aliphatic rings. The number of piperazine rings is 1. The van der Waals surface area contributed by atoms with Crippen molar-refractivity contribution in [2.45, 2.75) is 6.42 Å². The van der Waals surface area contributed by atoms with E-state index in [0.29, 0.717) is 32.7 Å². The van der Waals surface area contributed by atoms with Crippen molar-refractivity contribution in [2.24, 2.45) is 5.92 Å². The minimum absolute atomic E-state index is 0.0165. The van der Waals surface area contributed by atoms with Gasteiger partial charge < -0.3 is 14.7 Å². The third kappa shape index (κ3) is 3.39. The van der Waals surface area contributed by atoms with E-state index < -0.39 is 0 Å². The Labute approximate surface area is 143 Å². The summed E-state index contributed by atoms with van der Waals surface area (Å²) < 4.78 is 0.952. The summed E-state index contributed by atoms with van der Waals surface area (Å²) in [6.07, 6.45) is 1.07. The molecule has 2 fully saturated rings. The van der Waals surface area contributed by atoms with Gasteiger partial charge in [0.25, 0.3) is 0 Å². The Morgan fingerprint density at radius 2 is 1.78 bits per heavy atom.